The minimum absolute atomic E-state index is 0.220. The van der Waals surface area contributed by atoms with Crippen LogP contribution in [0.25, 0.3) is 11.0 Å². The van der Waals surface area contributed by atoms with E-state index in [1.54, 1.807) is 42.5 Å². The fraction of sp³-hybridized carbons (Fsp3) is 0. The summed E-state index contributed by atoms with van der Waals surface area (Å²) < 4.78 is 27.2. The van der Waals surface area contributed by atoms with E-state index in [1.165, 1.54) is 10.2 Å². The first-order valence-electron chi connectivity index (χ1n) is 5.64. The van der Waals surface area contributed by atoms with Gasteiger partial charge in [0.2, 0.25) is 0 Å². The number of hydrogen-bond donors (Lipinski definition) is 0. The zero-order chi connectivity index (χ0) is 14.3. The molecule has 2 heterocycles. The molecule has 0 saturated carbocycles. The van der Waals surface area contributed by atoms with Crippen LogP contribution < -0.4 is 0 Å². The number of rotatable bonds is 2. The van der Waals surface area contributed by atoms with Crippen LogP contribution in [0.4, 0.5) is 0 Å². The minimum Gasteiger partial charge on any atom is -0.237 e. The molecular weight excluding hydrogens is 411 g/mol. The van der Waals surface area contributed by atoms with Crippen molar-refractivity contribution >= 4 is 55.2 Å². The summed E-state index contributed by atoms with van der Waals surface area (Å²) in [5.41, 5.74) is 0.339. The van der Waals surface area contributed by atoms with E-state index in [0.717, 1.165) is 0 Å². The normalized spacial score (nSPS) is 11.9. The number of pyridine rings is 1. The highest BCUT2D eigenvalue weighted by Gasteiger charge is 2.23. The molecule has 0 aliphatic rings. The number of benzene rings is 1. The fourth-order valence-electron chi connectivity index (χ4n) is 1.94. The van der Waals surface area contributed by atoms with Crippen LogP contribution in [-0.4, -0.2) is 17.4 Å². The second-order valence-electron chi connectivity index (χ2n) is 4.08. The van der Waals surface area contributed by atoms with Crippen LogP contribution in [0.15, 0.2) is 53.6 Å². The van der Waals surface area contributed by atoms with E-state index in [9.17, 15) is 8.42 Å². The first-order chi connectivity index (χ1) is 9.51. The van der Waals surface area contributed by atoms with E-state index in [0.29, 0.717) is 19.8 Å². The summed E-state index contributed by atoms with van der Waals surface area (Å²) in [7, 11) is -3.68. The molecule has 0 atom stereocenters. The van der Waals surface area contributed by atoms with Crippen LogP contribution in [0.2, 0.25) is 5.02 Å². The average Bonchev–Trinajstić information content (AvgIpc) is 2.78. The summed E-state index contributed by atoms with van der Waals surface area (Å²) in [5, 5.41) is 1.10. The first kappa shape index (κ1) is 13.8. The van der Waals surface area contributed by atoms with E-state index < -0.39 is 10.0 Å². The molecule has 3 aromatic rings. The van der Waals surface area contributed by atoms with Gasteiger partial charge in [0.25, 0.3) is 10.0 Å². The van der Waals surface area contributed by atoms with Crippen molar-refractivity contribution in [1.29, 1.82) is 0 Å². The Morgan fingerprint density at radius 2 is 1.85 bits per heavy atom. The molecule has 0 amide bonds. The lowest BCUT2D eigenvalue weighted by Gasteiger charge is -2.08. The van der Waals surface area contributed by atoms with Gasteiger partial charge in [0.1, 0.15) is 0 Å². The number of halogens is 2. The highest BCUT2D eigenvalue weighted by atomic mass is 127. The summed E-state index contributed by atoms with van der Waals surface area (Å²) in [6, 6.07) is 11.6. The van der Waals surface area contributed by atoms with E-state index >= 15 is 0 Å². The Kier molecular flexibility index (Phi) is 3.47. The molecular formula is C13H8ClIN2O2S. The van der Waals surface area contributed by atoms with Crippen molar-refractivity contribution in [3.8, 4) is 0 Å². The van der Waals surface area contributed by atoms with Gasteiger partial charge in [0.15, 0.2) is 5.65 Å². The topological polar surface area (TPSA) is 52.0 Å². The molecule has 0 spiro atoms. The molecule has 0 aliphatic carbocycles. The van der Waals surface area contributed by atoms with Gasteiger partial charge in [-0.2, -0.15) is 0 Å². The maximum absolute atomic E-state index is 12.7. The van der Waals surface area contributed by atoms with Crippen molar-refractivity contribution in [2.45, 2.75) is 4.90 Å². The Labute approximate surface area is 134 Å². The van der Waals surface area contributed by atoms with E-state index in [1.807, 2.05) is 22.6 Å². The Morgan fingerprint density at radius 1 is 1.15 bits per heavy atom. The molecule has 0 N–H and O–H groups in total. The quantitative estimate of drug-likeness (QED) is 0.598. The van der Waals surface area contributed by atoms with Crippen molar-refractivity contribution in [3.63, 3.8) is 0 Å². The Hall–Kier alpha value is -1.12. The molecule has 7 heteroatoms. The molecule has 2 aromatic heterocycles. The predicted molar refractivity (Wildman–Crippen MR) is 86.5 cm³/mol. The number of nitrogens with zero attached hydrogens (tertiary/aromatic N) is 2. The van der Waals surface area contributed by atoms with Crippen LogP contribution in [0, 0.1) is 3.70 Å². The van der Waals surface area contributed by atoms with Gasteiger partial charge in [-0.1, -0.05) is 29.8 Å². The predicted octanol–water partition coefficient (Wildman–Crippen LogP) is 3.53. The monoisotopic (exact) mass is 418 g/mol. The molecule has 0 bridgehead atoms. The molecule has 0 aliphatic heterocycles. The third kappa shape index (κ3) is 2.11. The lowest BCUT2D eigenvalue weighted by molar-refractivity contribution is 0.588. The maximum Gasteiger partial charge on any atom is 0.270 e. The molecule has 0 unspecified atom stereocenters. The summed E-state index contributed by atoms with van der Waals surface area (Å²) in [4.78, 5) is 4.37. The van der Waals surface area contributed by atoms with Crippen molar-refractivity contribution < 1.29 is 8.42 Å². The van der Waals surface area contributed by atoms with Gasteiger partial charge < -0.3 is 0 Å². The molecule has 0 saturated heterocycles. The van der Waals surface area contributed by atoms with Gasteiger partial charge in [0, 0.05) is 11.6 Å². The van der Waals surface area contributed by atoms with Crippen molar-refractivity contribution in [2.75, 3.05) is 0 Å². The van der Waals surface area contributed by atoms with Gasteiger partial charge in [-0.25, -0.2) is 17.4 Å². The first-order valence-corrected chi connectivity index (χ1v) is 8.53. The highest BCUT2D eigenvalue weighted by molar-refractivity contribution is 14.1. The third-order valence-electron chi connectivity index (χ3n) is 2.85. The highest BCUT2D eigenvalue weighted by Crippen LogP contribution is 2.29. The molecule has 0 radical (unpaired) electrons. The number of aromatic nitrogens is 2. The van der Waals surface area contributed by atoms with Gasteiger partial charge >= 0.3 is 0 Å². The summed E-state index contributed by atoms with van der Waals surface area (Å²) >= 11 is 8.05. The Morgan fingerprint density at radius 3 is 2.55 bits per heavy atom. The summed E-state index contributed by atoms with van der Waals surface area (Å²) in [6.07, 6.45) is 1.50. The largest absolute Gasteiger partial charge is 0.270 e. The second kappa shape index (κ2) is 5.01. The van der Waals surface area contributed by atoms with Gasteiger partial charge in [0.05, 0.1) is 13.6 Å². The van der Waals surface area contributed by atoms with Crippen LogP contribution in [0.3, 0.4) is 0 Å². The second-order valence-corrected chi connectivity index (χ2v) is 7.38. The van der Waals surface area contributed by atoms with Gasteiger partial charge in [-0.15, -0.1) is 0 Å². The van der Waals surface area contributed by atoms with Crippen molar-refractivity contribution in [2.24, 2.45) is 0 Å². The van der Waals surface area contributed by atoms with Crippen LogP contribution >= 0.6 is 34.2 Å². The van der Waals surface area contributed by atoms with Crippen molar-refractivity contribution in [3.05, 3.63) is 57.4 Å². The molecule has 4 nitrogen and oxygen atoms in total. The Balaban J connectivity index is 2.36. The zero-order valence-corrected chi connectivity index (χ0v) is 13.7. The maximum atomic E-state index is 12.7. The van der Waals surface area contributed by atoms with Gasteiger partial charge in [-0.3, -0.25) is 0 Å². The summed E-state index contributed by atoms with van der Waals surface area (Å²) in [5.74, 6) is 0. The average molecular weight is 419 g/mol. The van der Waals surface area contributed by atoms with Crippen LogP contribution in [0.1, 0.15) is 0 Å². The lowest BCUT2D eigenvalue weighted by Crippen LogP contribution is -2.14. The standard InChI is InChI=1S/C13H8ClIN2O2S/c14-11-6-7-16-13-10(11)8-12(15)17(13)20(18,19)9-4-2-1-3-5-9/h1-8H. The Bertz CT molecular complexity index is 891. The summed E-state index contributed by atoms with van der Waals surface area (Å²) in [6.45, 7) is 0. The lowest BCUT2D eigenvalue weighted by atomic mass is 10.3. The molecule has 0 fully saturated rings. The molecule has 20 heavy (non-hydrogen) atoms. The SMILES string of the molecule is O=S(=O)(c1ccccc1)n1c(I)cc2c(Cl)ccnc21. The molecule has 3 rings (SSSR count). The van der Waals surface area contributed by atoms with Crippen LogP contribution in [-0.2, 0) is 10.0 Å². The number of fused-ring (bicyclic) bond motifs is 1. The third-order valence-corrected chi connectivity index (χ3v) is 6.02. The molecule has 1 aromatic carbocycles. The van der Waals surface area contributed by atoms with Crippen molar-refractivity contribution in [1.82, 2.24) is 8.96 Å². The number of hydrogen-bond acceptors (Lipinski definition) is 3. The zero-order valence-electron chi connectivity index (χ0n) is 9.99. The van der Waals surface area contributed by atoms with E-state index in [-0.39, 0.29) is 4.90 Å². The smallest absolute Gasteiger partial charge is 0.237 e. The van der Waals surface area contributed by atoms with Gasteiger partial charge in [-0.05, 0) is 46.9 Å². The fourth-order valence-corrected chi connectivity index (χ4v) is 4.82. The van der Waals surface area contributed by atoms with E-state index in [2.05, 4.69) is 4.98 Å². The minimum atomic E-state index is -3.68. The van der Waals surface area contributed by atoms with E-state index in [4.69, 9.17) is 11.6 Å². The van der Waals surface area contributed by atoms with Crippen LogP contribution in [0.5, 0.6) is 0 Å². The molecule has 102 valence electrons.